The average molecular weight is 264 g/mol. The first-order chi connectivity index (χ1) is 8.53. The monoisotopic (exact) mass is 264 g/mol. The molecule has 6 heteroatoms. The highest BCUT2D eigenvalue weighted by Gasteiger charge is 2.45. The van der Waals surface area contributed by atoms with Crippen molar-refractivity contribution in [1.82, 2.24) is 19.5 Å². The average Bonchev–Trinajstić information content (AvgIpc) is 2.80. The lowest BCUT2D eigenvalue weighted by molar-refractivity contribution is 0.401. The van der Waals surface area contributed by atoms with E-state index in [-0.39, 0.29) is 0 Å². The Morgan fingerprint density at radius 1 is 1.56 bits per heavy atom. The van der Waals surface area contributed by atoms with Crippen LogP contribution in [-0.4, -0.2) is 26.6 Å². The van der Waals surface area contributed by atoms with E-state index in [1.807, 2.05) is 4.57 Å². The van der Waals surface area contributed by atoms with Gasteiger partial charge in [0.05, 0.1) is 7.11 Å². The summed E-state index contributed by atoms with van der Waals surface area (Å²) >= 11 is 5.37. The van der Waals surface area contributed by atoms with Crippen molar-refractivity contribution in [3.8, 4) is 5.88 Å². The molecule has 3 rings (SSSR count). The summed E-state index contributed by atoms with van der Waals surface area (Å²) < 4.78 is 7.95. The standard InChI is InChI=1S/C12H16N4OS/c1-12(2)4-7(12)5-16-9-8(15-11(16)18)10(17-3)14-6-13-9/h6-7H,4-5H2,1-3H3,(H,15,18). The summed E-state index contributed by atoms with van der Waals surface area (Å²) in [4.78, 5) is 11.5. The maximum absolute atomic E-state index is 5.37. The Hall–Kier alpha value is -1.43. The van der Waals surface area contributed by atoms with Crippen molar-refractivity contribution in [3.63, 3.8) is 0 Å². The fourth-order valence-electron chi connectivity index (χ4n) is 2.38. The van der Waals surface area contributed by atoms with Crippen molar-refractivity contribution >= 4 is 23.4 Å². The summed E-state index contributed by atoms with van der Waals surface area (Å²) in [5.41, 5.74) is 2.04. The van der Waals surface area contributed by atoms with Crippen LogP contribution in [0, 0.1) is 16.1 Å². The summed E-state index contributed by atoms with van der Waals surface area (Å²) in [7, 11) is 1.60. The van der Waals surface area contributed by atoms with Gasteiger partial charge < -0.3 is 14.3 Å². The largest absolute Gasteiger partial charge is 0.479 e. The normalized spacial score (nSPS) is 21.2. The first kappa shape index (κ1) is 11.6. The zero-order valence-corrected chi connectivity index (χ0v) is 11.5. The van der Waals surface area contributed by atoms with Crippen LogP contribution in [0.2, 0.25) is 0 Å². The first-order valence-corrected chi connectivity index (χ1v) is 6.41. The molecule has 1 aliphatic rings. The molecule has 0 radical (unpaired) electrons. The Labute approximate surface area is 110 Å². The van der Waals surface area contributed by atoms with E-state index >= 15 is 0 Å². The van der Waals surface area contributed by atoms with Crippen molar-refractivity contribution in [3.05, 3.63) is 11.1 Å². The zero-order valence-electron chi connectivity index (χ0n) is 10.7. The van der Waals surface area contributed by atoms with Gasteiger partial charge in [-0.3, -0.25) is 0 Å². The number of aromatic amines is 1. The molecule has 1 aliphatic carbocycles. The molecule has 1 N–H and O–H groups in total. The predicted molar refractivity (Wildman–Crippen MR) is 71.2 cm³/mol. The number of methoxy groups -OCH3 is 1. The molecule has 1 unspecified atom stereocenters. The molecule has 0 aliphatic heterocycles. The van der Waals surface area contributed by atoms with Crippen molar-refractivity contribution in [2.24, 2.45) is 11.3 Å². The van der Waals surface area contributed by atoms with E-state index in [1.165, 1.54) is 12.7 Å². The van der Waals surface area contributed by atoms with Crippen LogP contribution in [-0.2, 0) is 6.54 Å². The third-order valence-electron chi connectivity index (χ3n) is 3.84. The van der Waals surface area contributed by atoms with Crippen LogP contribution >= 0.6 is 12.2 Å². The number of nitrogens with zero attached hydrogens (tertiary/aromatic N) is 3. The highest BCUT2D eigenvalue weighted by Crippen LogP contribution is 2.52. The van der Waals surface area contributed by atoms with Crippen molar-refractivity contribution in [2.75, 3.05) is 7.11 Å². The van der Waals surface area contributed by atoms with Gasteiger partial charge in [0.25, 0.3) is 0 Å². The molecule has 1 fully saturated rings. The number of hydrogen-bond donors (Lipinski definition) is 1. The molecule has 0 spiro atoms. The fraction of sp³-hybridized carbons (Fsp3) is 0.583. The van der Waals surface area contributed by atoms with Crippen LogP contribution in [0.4, 0.5) is 0 Å². The first-order valence-electron chi connectivity index (χ1n) is 6.00. The summed E-state index contributed by atoms with van der Waals surface area (Å²) in [5.74, 6) is 1.21. The summed E-state index contributed by atoms with van der Waals surface area (Å²) in [5, 5.41) is 0. The van der Waals surface area contributed by atoms with Crippen LogP contribution in [0.3, 0.4) is 0 Å². The SMILES string of the molecule is COc1ncnc2c1[nH]c(=S)n2CC1CC1(C)C. The highest BCUT2D eigenvalue weighted by atomic mass is 32.1. The second-order valence-electron chi connectivity index (χ2n) is 5.51. The molecule has 18 heavy (non-hydrogen) atoms. The quantitative estimate of drug-likeness (QED) is 0.866. The van der Waals surface area contributed by atoms with Crippen molar-refractivity contribution < 1.29 is 4.74 Å². The smallest absolute Gasteiger partial charge is 0.242 e. The van der Waals surface area contributed by atoms with Gasteiger partial charge in [-0.2, -0.15) is 4.98 Å². The third-order valence-corrected chi connectivity index (χ3v) is 4.16. The summed E-state index contributed by atoms with van der Waals surface area (Å²) in [6, 6.07) is 0. The molecule has 1 atom stereocenters. The van der Waals surface area contributed by atoms with E-state index < -0.39 is 0 Å². The van der Waals surface area contributed by atoms with E-state index in [0.717, 1.165) is 17.7 Å². The van der Waals surface area contributed by atoms with Gasteiger partial charge in [-0.05, 0) is 30.0 Å². The number of hydrogen-bond acceptors (Lipinski definition) is 4. The lowest BCUT2D eigenvalue weighted by Crippen LogP contribution is -2.04. The Morgan fingerprint density at radius 2 is 2.28 bits per heavy atom. The van der Waals surface area contributed by atoms with Gasteiger partial charge in [0.15, 0.2) is 10.4 Å². The van der Waals surface area contributed by atoms with E-state index in [0.29, 0.717) is 22.0 Å². The van der Waals surface area contributed by atoms with Crippen LogP contribution in [0.25, 0.3) is 11.2 Å². The molecule has 0 saturated heterocycles. The van der Waals surface area contributed by atoms with Crippen molar-refractivity contribution in [2.45, 2.75) is 26.8 Å². The Bertz CT molecular complexity index is 658. The lowest BCUT2D eigenvalue weighted by atomic mass is 10.1. The number of H-pyrrole nitrogens is 1. The Morgan fingerprint density at radius 3 is 2.89 bits per heavy atom. The fourth-order valence-corrected chi connectivity index (χ4v) is 2.64. The van der Waals surface area contributed by atoms with E-state index in [4.69, 9.17) is 17.0 Å². The molecule has 2 aromatic rings. The van der Waals surface area contributed by atoms with Crippen LogP contribution in [0.5, 0.6) is 5.88 Å². The minimum absolute atomic E-state index is 0.426. The van der Waals surface area contributed by atoms with Crippen LogP contribution in [0.1, 0.15) is 20.3 Å². The van der Waals surface area contributed by atoms with Gasteiger partial charge in [0, 0.05) is 6.54 Å². The molecule has 2 heterocycles. The summed E-state index contributed by atoms with van der Waals surface area (Å²) in [6.07, 6.45) is 2.75. The molecule has 0 amide bonds. The van der Waals surface area contributed by atoms with E-state index in [1.54, 1.807) is 7.11 Å². The lowest BCUT2D eigenvalue weighted by Gasteiger charge is -2.05. The second-order valence-corrected chi connectivity index (χ2v) is 5.90. The molecular formula is C12H16N4OS. The topological polar surface area (TPSA) is 55.7 Å². The number of rotatable bonds is 3. The third kappa shape index (κ3) is 1.71. The molecule has 5 nitrogen and oxygen atoms in total. The second kappa shape index (κ2) is 3.78. The van der Waals surface area contributed by atoms with Crippen LogP contribution in [0.15, 0.2) is 6.33 Å². The number of fused-ring (bicyclic) bond motifs is 1. The van der Waals surface area contributed by atoms with Gasteiger partial charge >= 0.3 is 0 Å². The Balaban J connectivity index is 2.07. The predicted octanol–water partition coefficient (Wildman–Crippen LogP) is 2.54. The van der Waals surface area contributed by atoms with Gasteiger partial charge in [0.1, 0.15) is 11.8 Å². The molecule has 96 valence electrons. The minimum atomic E-state index is 0.426. The van der Waals surface area contributed by atoms with E-state index in [2.05, 4.69) is 28.8 Å². The maximum atomic E-state index is 5.37. The van der Waals surface area contributed by atoms with Gasteiger partial charge in [-0.15, -0.1) is 0 Å². The number of ether oxygens (including phenoxy) is 1. The molecule has 2 aromatic heterocycles. The minimum Gasteiger partial charge on any atom is -0.479 e. The number of imidazole rings is 1. The van der Waals surface area contributed by atoms with Crippen LogP contribution < -0.4 is 4.74 Å². The summed E-state index contributed by atoms with van der Waals surface area (Å²) in [6.45, 7) is 5.48. The molecular weight excluding hydrogens is 248 g/mol. The molecule has 0 aromatic carbocycles. The van der Waals surface area contributed by atoms with Gasteiger partial charge in [-0.25, -0.2) is 4.98 Å². The number of nitrogens with one attached hydrogen (secondary N) is 1. The highest BCUT2D eigenvalue weighted by molar-refractivity contribution is 7.71. The van der Waals surface area contributed by atoms with E-state index in [9.17, 15) is 0 Å². The zero-order chi connectivity index (χ0) is 12.9. The molecule has 0 bridgehead atoms. The number of aromatic nitrogens is 4. The van der Waals surface area contributed by atoms with Gasteiger partial charge in [0.2, 0.25) is 5.88 Å². The van der Waals surface area contributed by atoms with Gasteiger partial charge in [-0.1, -0.05) is 13.8 Å². The van der Waals surface area contributed by atoms with Crippen molar-refractivity contribution in [1.29, 1.82) is 0 Å². The molecule has 1 saturated carbocycles. The Kier molecular flexibility index (Phi) is 2.45. The maximum Gasteiger partial charge on any atom is 0.242 e.